The maximum Gasteiger partial charge on any atom is 0.185 e. The van der Waals surface area contributed by atoms with Gasteiger partial charge in [-0.05, 0) is 17.7 Å². The van der Waals surface area contributed by atoms with E-state index in [2.05, 4.69) is 39.1 Å². The fourth-order valence-corrected chi connectivity index (χ4v) is 2.39. The molecule has 1 heterocycles. The quantitative estimate of drug-likeness (QED) is 0.499. The molecule has 1 fully saturated rings. The maximum atomic E-state index is 5.62. The molecule has 0 spiro atoms. The summed E-state index contributed by atoms with van der Waals surface area (Å²) in [6.45, 7) is 6.33. The van der Waals surface area contributed by atoms with Gasteiger partial charge in [0.25, 0.3) is 0 Å². The van der Waals surface area contributed by atoms with Crippen molar-refractivity contribution in [3.63, 3.8) is 0 Å². The summed E-state index contributed by atoms with van der Waals surface area (Å²) in [7, 11) is 0. The van der Waals surface area contributed by atoms with Crippen LogP contribution >= 0.6 is 0 Å². The van der Waals surface area contributed by atoms with E-state index in [1.54, 1.807) is 0 Å². The van der Waals surface area contributed by atoms with Gasteiger partial charge in [0.1, 0.15) is 0 Å². The molecule has 6 nitrogen and oxygen atoms in total. The van der Waals surface area contributed by atoms with Crippen LogP contribution in [0.1, 0.15) is 5.56 Å². The first-order valence-corrected chi connectivity index (χ1v) is 7.01. The van der Waals surface area contributed by atoms with Crippen molar-refractivity contribution in [3.8, 4) is 0 Å². The van der Waals surface area contributed by atoms with E-state index in [4.69, 9.17) is 17.2 Å². The molecule has 0 aromatic heterocycles. The minimum Gasteiger partial charge on any atom is -0.370 e. The van der Waals surface area contributed by atoms with Gasteiger partial charge >= 0.3 is 0 Å². The number of guanidine groups is 1. The Morgan fingerprint density at radius 1 is 1.05 bits per heavy atom. The standard InChI is InChI=1S/C14H24N6/c15-11-12-1-3-13(4-2-12)20-9-7-19(8-10-20)6-5-18-14(16)17/h1-4H,5-11,15H2,(H4,16,17,18). The second-order valence-electron chi connectivity index (χ2n) is 5.01. The van der Waals surface area contributed by atoms with E-state index in [9.17, 15) is 0 Å². The molecule has 6 N–H and O–H groups in total. The van der Waals surface area contributed by atoms with E-state index in [1.807, 2.05) is 0 Å². The highest BCUT2D eigenvalue weighted by atomic mass is 15.3. The van der Waals surface area contributed by atoms with Gasteiger partial charge in [0, 0.05) is 45.0 Å². The molecule has 20 heavy (non-hydrogen) atoms. The summed E-state index contributed by atoms with van der Waals surface area (Å²) >= 11 is 0. The first-order valence-electron chi connectivity index (χ1n) is 7.01. The molecule has 0 unspecified atom stereocenters. The Bertz CT molecular complexity index is 429. The normalized spacial score (nSPS) is 16.1. The molecule has 1 aliphatic heterocycles. The van der Waals surface area contributed by atoms with E-state index in [0.717, 1.165) is 32.7 Å². The van der Waals surface area contributed by atoms with Gasteiger partial charge in [-0.1, -0.05) is 12.1 Å². The van der Waals surface area contributed by atoms with Gasteiger partial charge in [-0.2, -0.15) is 0 Å². The first kappa shape index (κ1) is 14.6. The average molecular weight is 276 g/mol. The lowest BCUT2D eigenvalue weighted by Gasteiger charge is -2.35. The minimum absolute atomic E-state index is 0.170. The number of nitrogens with two attached hydrogens (primary N) is 3. The van der Waals surface area contributed by atoms with Crippen LogP contribution in [0.4, 0.5) is 5.69 Å². The molecule has 1 aliphatic rings. The number of anilines is 1. The SMILES string of the molecule is NCc1ccc(N2CCN(CCN=C(N)N)CC2)cc1. The van der Waals surface area contributed by atoms with Crippen LogP contribution in [-0.2, 0) is 6.54 Å². The Hall–Kier alpha value is -1.79. The molecule has 0 amide bonds. The fraction of sp³-hybridized carbons (Fsp3) is 0.500. The maximum absolute atomic E-state index is 5.62. The summed E-state index contributed by atoms with van der Waals surface area (Å²) in [6, 6.07) is 8.50. The van der Waals surface area contributed by atoms with Crippen LogP contribution in [-0.4, -0.2) is 50.1 Å². The van der Waals surface area contributed by atoms with Gasteiger partial charge < -0.3 is 22.1 Å². The zero-order valence-electron chi connectivity index (χ0n) is 11.8. The Morgan fingerprint density at radius 2 is 1.70 bits per heavy atom. The molecule has 0 aliphatic carbocycles. The second kappa shape index (κ2) is 7.12. The molecule has 110 valence electrons. The lowest BCUT2D eigenvalue weighted by atomic mass is 10.2. The predicted octanol–water partition coefficient (Wildman–Crippen LogP) is -0.459. The Morgan fingerprint density at radius 3 is 2.25 bits per heavy atom. The van der Waals surface area contributed by atoms with Crippen LogP contribution in [0, 0.1) is 0 Å². The predicted molar refractivity (Wildman–Crippen MR) is 83.7 cm³/mol. The molecule has 0 atom stereocenters. The Labute approximate surface area is 120 Å². The molecule has 0 saturated carbocycles. The van der Waals surface area contributed by atoms with Gasteiger partial charge in [-0.3, -0.25) is 9.89 Å². The van der Waals surface area contributed by atoms with Crippen molar-refractivity contribution in [2.75, 3.05) is 44.2 Å². The van der Waals surface area contributed by atoms with E-state index in [1.165, 1.54) is 11.3 Å². The van der Waals surface area contributed by atoms with Crippen LogP contribution in [0.2, 0.25) is 0 Å². The summed E-state index contributed by atoms with van der Waals surface area (Å²) in [5, 5.41) is 0. The van der Waals surface area contributed by atoms with Crippen LogP contribution in [0.25, 0.3) is 0 Å². The smallest absolute Gasteiger partial charge is 0.185 e. The summed E-state index contributed by atoms with van der Waals surface area (Å²) < 4.78 is 0. The molecule has 6 heteroatoms. The fourth-order valence-electron chi connectivity index (χ4n) is 2.39. The number of hydrogen-bond acceptors (Lipinski definition) is 4. The summed E-state index contributed by atoms with van der Waals surface area (Å²) in [5.74, 6) is 0.170. The average Bonchev–Trinajstić information content (AvgIpc) is 2.48. The lowest BCUT2D eigenvalue weighted by Crippen LogP contribution is -2.47. The van der Waals surface area contributed by atoms with Crippen LogP contribution in [0.5, 0.6) is 0 Å². The van der Waals surface area contributed by atoms with Crippen molar-refractivity contribution >= 4 is 11.6 Å². The Balaban J connectivity index is 1.79. The van der Waals surface area contributed by atoms with E-state index in [0.29, 0.717) is 13.1 Å². The molecular formula is C14H24N6. The van der Waals surface area contributed by atoms with Crippen LogP contribution in [0.15, 0.2) is 29.3 Å². The number of benzene rings is 1. The van der Waals surface area contributed by atoms with Gasteiger partial charge in [-0.15, -0.1) is 0 Å². The van der Waals surface area contributed by atoms with Crippen molar-refractivity contribution < 1.29 is 0 Å². The number of piperazine rings is 1. The third-order valence-corrected chi connectivity index (χ3v) is 3.62. The molecule has 0 radical (unpaired) electrons. The van der Waals surface area contributed by atoms with Crippen molar-refractivity contribution in [1.82, 2.24) is 4.90 Å². The zero-order valence-corrected chi connectivity index (χ0v) is 11.8. The van der Waals surface area contributed by atoms with Crippen LogP contribution < -0.4 is 22.1 Å². The van der Waals surface area contributed by atoms with Crippen molar-refractivity contribution in [2.24, 2.45) is 22.2 Å². The van der Waals surface area contributed by atoms with Crippen molar-refractivity contribution in [3.05, 3.63) is 29.8 Å². The lowest BCUT2D eigenvalue weighted by molar-refractivity contribution is 0.265. The molecule has 0 bridgehead atoms. The first-order chi connectivity index (χ1) is 9.69. The summed E-state index contributed by atoms with van der Waals surface area (Å²) in [6.07, 6.45) is 0. The Kier molecular flexibility index (Phi) is 5.20. The number of aliphatic imine (C=N–C) groups is 1. The molecular weight excluding hydrogens is 252 g/mol. The highest BCUT2D eigenvalue weighted by molar-refractivity contribution is 5.75. The molecule has 1 aromatic carbocycles. The van der Waals surface area contributed by atoms with E-state index < -0.39 is 0 Å². The summed E-state index contributed by atoms with van der Waals surface area (Å²) in [4.78, 5) is 8.81. The highest BCUT2D eigenvalue weighted by Crippen LogP contribution is 2.17. The third-order valence-electron chi connectivity index (χ3n) is 3.62. The summed E-state index contributed by atoms with van der Waals surface area (Å²) in [5.41, 5.74) is 18.7. The number of hydrogen-bond donors (Lipinski definition) is 3. The third kappa shape index (κ3) is 4.11. The monoisotopic (exact) mass is 276 g/mol. The largest absolute Gasteiger partial charge is 0.370 e. The number of rotatable bonds is 5. The minimum atomic E-state index is 0.170. The van der Waals surface area contributed by atoms with Crippen molar-refractivity contribution in [1.29, 1.82) is 0 Å². The van der Waals surface area contributed by atoms with Gasteiger partial charge in [0.05, 0.1) is 6.54 Å². The molecule has 2 rings (SSSR count). The van der Waals surface area contributed by atoms with Gasteiger partial charge in [-0.25, -0.2) is 0 Å². The zero-order chi connectivity index (χ0) is 14.4. The van der Waals surface area contributed by atoms with Crippen LogP contribution in [0.3, 0.4) is 0 Å². The van der Waals surface area contributed by atoms with E-state index >= 15 is 0 Å². The molecule has 1 aromatic rings. The second-order valence-corrected chi connectivity index (χ2v) is 5.01. The highest BCUT2D eigenvalue weighted by Gasteiger charge is 2.16. The van der Waals surface area contributed by atoms with Gasteiger partial charge in [0.15, 0.2) is 5.96 Å². The van der Waals surface area contributed by atoms with E-state index in [-0.39, 0.29) is 5.96 Å². The van der Waals surface area contributed by atoms with Gasteiger partial charge in [0.2, 0.25) is 0 Å². The molecule has 1 saturated heterocycles. The van der Waals surface area contributed by atoms with Crippen molar-refractivity contribution in [2.45, 2.75) is 6.54 Å². The number of nitrogens with zero attached hydrogens (tertiary/aromatic N) is 3. The topological polar surface area (TPSA) is 96.9 Å².